The van der Waals surface area contributed by atoms with Gasteiger partial charge in [0, 0.05) is 15.6 Å². The molecular weight excluding hydrogens is 311 g/mol. The summed E-state index contributed by atoms with van der Waals surface area (Å²) in [5.41, 5.74) is 6.46. The lowest BCUT2D eigenvalue weighted by atomic mass is 10.1. The topological polar surface area (TPSA) is 59.1 Å². The van der Waals surface area contributed by atoms with Gasteiger partial charge in [-0.25, -0.2) is 4.39 Å². The van der Waals surface area contributed by atoms with E-state index in [0.717, 1.165) is 4.47 Å². The maximum absolute atomic E-state index is 13.1. The fourth-order valence-electron chi connectivity index (χ4n) is 1.64. The van der Waals surface area contributed by atoms with E-state index in [1.54, 1.807) is 6.07 Å². The van der Waals surface area contributed by atoms with Gasteiger partial charge in [-0.15, -0.1) is 0 Å². The van der Waals surface area contributed by atoms with Crippen LogP contribution in [-0.2, 0) is 6.61 Å². The zero-order valence-electron chi connectivity index (χ0n) is 9.99. The Morgan fingerprint density at radius 2 is 2.05 bits per heavy atom. The van der Waals surface area contributed by atoms with Crippen molar-refractivity contribution in [2.45, 2.75) is 6.61 Å². The maximum Gasteiger partial charge on any atom is 0.123 e. The van der Waals surface area contributed by atoms with Crippen LogP contribution in [0.2, 0.25) is 0 Å². The molecule has 0 saturated carbocycles. The van der Waals surface area contributed by atoms with Crippen molar-refractivity contribution in [1.29, 1.82) is 5.41 Å². The number of benzene rings is 2. The van der Waals surface area contributed by atoms with E-state index in [2.05, 4.69) is 15.9 Å². The van der Waals surface area contributed by atoms with Crippen LogP contribution in [0.3, 0.4) is 0 Å². The van der Waals surface area contributed by atoms with Crippen LogP contribution in [0.15, 0.2) is 46.9 Å². The van der Waals surface area contributed by atoms with Gasteiger partial charge in [0.2, 0.25) is 0 Å². The first-order valence-electron chi connectivity index (χ1n) is 5.57. The van der Waals surface area contributed by atoms with Gasteiger partial charge in [-0.3, -0.25) is 5.41 Å². The number of nitrogen functional groups attached to an aromatic ring is 1. The molecule has 2 rings (SSSR count). The van der Waals surface area contributed by atoms with E-state index >= 15 is 0 Å². The summed E-state index contributed by atoms with van der Waals surface area (Å²) in [5, 5.41) is 7.44. The van der Waals surface area contributed by atoms with Gasteiger partial charge in [-0.05, 0) is 30.3 Å². The predicted molar refractivity (Wildman–Crippen MR) is 75.9 cm³/mol. The molecule has 0 aromatic heterocycles. The van der Waals surface area contributed by atoms with E-state index in [1.807, 2.05) is 24.3 Å². The van der Waals surface area contributed by atoms with Crippen molar-refractivity contribution < 1.29 is 9.13 Å². The quantitative estimate of drug-likeness (QED) is 0.669. The second kappa shape index (κ2) is 5.84. The van der Waals surface area contributed by atoms with Crippen LogP contribution < -0.4 is 10.5 Å². The molecule has 2 aromatic rings. The van der Waals surface area contributed by atoms with Gasteiger partial charge in [0.1, 0.15) is 24.0 Å². The second-order valence-electron chi connectivity index (χ2n) is 3.96. The summed E-state index contributed by atoms with van der Waals surface area (Å²) in [7, 11) is 0. The molecule has 0 bridgehead atoms. The molecule has 3 nitrogen and oxygen atoms in total. The van der Waals surface area contributed by atoms with Gasteiger partial charge in [0.15, 0.2) is 0 Å². The summed E-state index contributed by atoms with van der Waals surface area (Å²) < 4.78 is 19.6. The van der Waals surface area contributed by atoms with Gasteiger partial charge in [0.25, 0.3) is 0 Å². The molecule has 0 aliphatic carbocycles. The van der Waals surface area contributed by atoms with E-state index in [0.29, 0.717) is 16.9 Å². The van der Waals surface area contributed by atoms with Gasteiger partial charge in [-0.1, -0.05) is 28.1 Å². The lowest BCUT2D eigenvalue weighted by Crippen LogP contribution is -2.15. The number of rotatable bonds is 4. The minimum absolute atomic E-state index is 0.174. The number of hydrogen-bond donors (Lipinski definition) is 2. The lowest BCUT2D eigenvalue weighted by molar-refractivity contribution is 0.305. The molecule has 0 saturated heterocycles. The molecule has 0 spiro atoms. The molecule has 0 unspecified atom stereocenters. The summed E-state index contributed by atoms with van der Waals surface area (Å²) in [6.45, 7) is 0.228. The molecule has 3 N–H and O–H groups in total. The summed E-state index contributed by atoms with van der Waals surface area (Å²) in [6, 6.07) is 11.5. The highest BCUT2D eigenvalue weighted by molar-refractivity contribution is 9.10. The molecule has 0 aliphatic rings. The Hall–Kier alpha value is -1.88. The van der Waals surface area contributed by atoms with Crippen molar-refractivity contribution in [3.63, 3.8) is 0 Å². The van der Waals surface area contributed by atoms with E-state index in [-0.39, 0.29) is 12.4 Å². The predicted octanol–water partition coefficient (Wildman–Crippen LogP) is 3.45. The fraction of sp³-hybridized carbons (Fsp3) is 0.0714. The molecule has 98 valence electrons. The van der Waals surface area contributed by atoms with Crippen molar-refractivity contribution in [2.24, 2.45) is 5.73 Å². The van der Waals surface area contributed by atoms with Crippen LogP contribution in [0.4, 0.5) is 4.39 Å². The SMILES string of the molecule is N=C(N)c1cc(F)ccc1COc1cccc(Br)c1. The molecule has 0 atom stereocenters. The summed E-state index contributed by atoms with van der Waals surface area (Å²) in [6.07, 6.45) is 0. The number of nitrogens with one attached hydrogen (secondary N) is 1. The van der Waals surface area contributed by atoms with E-state index in [4.69, 9.17) is 15.9 Å². The second-order valence-corrected chi connectivity index (χ2v) is 4.88. The Morgan fingerprint density at radius 3 is 2.74 bits per heavy atom. The van der Waals surface area contributed by atoms with Crippen LogP contribution in [0.5, 0.6) is 5.75 Å². The monoisotopic (exact) mass is 322 g/mol. The van der Waals surface area contributed by atoms with Gasteiger partial charge >= 0.3 is 0 Å². The van der Waals surface area contributed by atoms with Crippen molar-refractivity contribution in [2.75, 3.05) is 0 Å². The standard InChI is InChI=1S/C14H12BrFN2O/c15-10-2-1-3-12(6-10)19-8-9-4-5-11(16)7-13(9)14(17)18/h1-7H,8H2,(H3,17,18). The molecule has 0 amide bonds. The maximum atomic E-state index is 13.1. The number of ether oxygens (including phenoxy) is 1. The van der Waals surface area contributed by atoms with Crippen LogP contribution in [0.25, 0.3) is 0 Å². The van der Waals surface area contributed by atoms with Crippen molar-refractivity contribution in [3.05, 3.63) is 63.9 Å². The van der Waals surface area contributed by atoms with Gasteiger partial charge < -0.3 is 10.5 Å². The normalized spacial score (nSPS) is 10.2. The number of nitrogens with two attached hydrogens (primary N) is 1. The van der Waals surface area contributed by atoms with Crippen molar-refractivity contribution >= 4 is 21.8 Å². The van der Waals surface area contributed by atoms with Gasteiger partial charge in [0.05, 0.1) is 0 Å². The highest BCUT2D eigenvalue weighted by Crippen LogP contribution is 2.20. The smallest absolute Gasteiger partial charge is 0.123 e. The molecule has 0 fully saturated rings. The van der Waals surface area contributed by atoms with Crippen LogP contribution in [-0.4, -0.2) is 5.84 Å². The van der Waals surface area contributed by atoms with E-state index in [1.165, 1.54) is 12.1 Å². The molecule has 5 heteroatoms. The fourth-order valence-corrected chi connectivity index (χ4v) is 2.02. The third-order valence-corrected chi connectivity index (χ3v) is 3.05. The first-order valence-corrected chi connectivity index (χ1v) is 6.37. The molecular formula is C14H12BrFN2O. The average Bonchev–Trinajstić information content (AvgIpc) is 2.37. The van der Waals surface area contributed by atoms with Crippen molar-refractivity contribution in [1.82, 2.24) is 0 Å². The Bertz CT molecular complexity index is 616. The Morgan fingerprint density at radius 1 is 1.26 bits per heavy atom. The summed E-state index contributed by atoms with van der Waals surface area (Å²) in [4.78, 5) is 0. The average molecular weight is 323 g/mol. The highest BCUT2D eigenvalue weighted by atomic mass is 79.9. The highest BCUT2D eigenvalue weighted by Gasteiger charge is 2.08. The largest absolute Gasteiger partial charge is 0.489 e. The lowest BCUT2D eigenvalue weighted by Gasteiger charge is -2.10. The number of amidine groups is 1. The Balaban J connectivity index is 2.17. The van der Waals surface area contributed by atoms with E-state index in [9.17, 15) is 4.39 Å². The molecule has 0 aliphatic heterocycles. The minimum Gasteiger partial charge on any atom is -0.489 e. The van der Waals surface area contributed by atoms with Crippen LogP contribution in [0.1, 0.15) is 11.1 Å². The first-order chi connectivity index (χ1) is 9.06. The van der Waals surface area contributed by atoms with Crippen LogP contribution >= 0.6 is 15.9 Å². The first kappa shape index (κ1) is 13.5. The van der Waals surface area contributed by atoms with E-state index < -0.39 is 5.82 Å². The molecule has 0 radical (unpaired) electrons. The zero-order chi connectivity index (χ0) is 13.8. The summed E-state index contributed by atoms with van der Waals surface area (Å²) in [5.74, 6) is 0.0944. The molecule has 2 aromatic carbocycles. The minimum atomic E-state index is -0.420. The van der Waals surface area contributed by atoms with Crippen LogP contribution in [0, 0.1) is 11.2 Å². The Labute approximate surface area is 118 Å². The third-order valence-electron chi connectivity index (χ3n) is 2.55. The number of halogens is 2. The third kappa shape index (κ3) is 3.54. The van der Waals surface area contributed by atoms with Crippen molar-refractivity contribution in [3.8, 4) is 5.75 Å². The Kier molecular flexibility index (Phi) is 4.16. The van der Waals surface area contributed by atoms with Gasteiger partial charge in [-0.2, -0.15) is 0 Å². The molecule has 19 heavy (non-hydrogen) atoms. The number of hydrogen-bond acceptors (Lipinski definition) is 2. The summed E-state index contributed by atoms with van der Waals surface area (Å²) >= 11 is 3.35. The molecule has 0 heterocycles. The zero-order valence-corrected chi connectivity index (χ0v) is 11.6.